The number of hydrogen-bond donors (Lipinski definition) is 1. The third-order valence-corrected chi connectivity index (χ3v) is 5.19. The van der Waals surface area contributed by atoms with Crippen molar-refractivity contribution < 1.29 is 9.53 Å². The van der Waals surface area contributed by atoms with E-state index >= 15 is 0 Å². The van der Waals surface area contributed by atoms with Crippen LogP contribution in [0.15, 0.2) is 42.5 Å². The highest BCUT2D eigenvalue weighted by Gasteiger charge is 2.14. The third kappa shape index (κ3) is 5.07. The van der Waals surface area contributed by atoms with Crippen LogP contribution in [0.3, 0.4) is 0 Å². The Hall–Kier alpha value is -1.36. The Morgan fingerprint density at radius 1 is 1.17 bits per heavy atom. The zero-order valence-electron chi connectivity index (χ0n) is 13.5. The number of para-hydroxylation sites is 1. The predicted octanol–water partition coefficient (Wildman–Crippen LogP) is 5.11. The largest absolute Gasteiger partial charge is 0.496 e. The second-order valence-electron chi connectivity index (χ2n) is 5.22. The lowest BCUT2D eigenvalue weighted by Gasteiger charge is -2.17. The lowest BCUT2D eigenvalue weighted by molar-refractivity contribution is -0.119. The first-order valence-corrected chi connectivity index (χ1v) is 9.37. The molecule has 2 aromatic carbocycles. The van der Waals surface area contributed by atoms with E-state index in [4.69, 9.17) is 27.9 Å². The van der Waals surface area contributed by atoms with Crippen molar-refractivity contribution in [2.24, 2.45) is 0 Å². The van der Waals surface area contributed by atoms with Crippen LogP contribution < -0.4 is 10.1 Å². The van der Waals surface area contributed by atoms with Gasteiger partial charge in [-0.2, -0.15) is 0 Å². The summed E-state index contributed by atoms with van der Waals surface area (Å²) in [4.78, 5) is 12.1. The van der Waals surface area contributed by atoms with Gasteiger partial charge in [0.05, 0.1) is 18.9 Å². The number of halogens is 2. The summed E-state index contributed by atoms with van der Waals surface area (Å²) in [6.07, 6.45) is 0. The first kappa shape index (κ1) is 19.0. The summed E-state index contributed by atoms with van der Waals surface area (Å²) in [5.74, 6) is 1.65. The highest BCUT2D eigenvalue weighted by molar-refractivity contribution is 7.99. The van der Waals surface area contributed by atoms with E-state index < -0.39 is 0 Å². The molecule has 0 spiro atoms. The predicted molar refractivity (Wildman–Crippen MR) is 102 cm³/mol. The topological polar surface area (TPSA) is 38.3 Å². The molecule has 0 aliphatic rings. The van der Waals surface area contributed by atoms with Crippen LogP contribution in [-0.4, -0.2) is 18.8 Å². The molecule has 0 aliphatic carbocycles. The number of benzene rings is 2. The van der Waals surface area contributed by atoms with Crippen LogP contribution in [0.1, 0.15) is 24.1 Å². The number of rotatable bonds is 7. The summed E-state index contributed by atoms with van der Waals surface area (Å²) in [6.45, 7) is 1.94. The second kappa shape index (κ2) is 9.21. The fourth-order valence-electron chi connectivity index (χ4n) is 2.30. The first-order valence-electron chi connectivity index (χ1n) is 7.45. The molecule has 2 rings (SSSR count). The molecule has 1 N–H and O–H groups in total. The molecular formula is C18H19Cl2NO2S. The molecular weight excluding hydrogens is 365 g/mol. The Morgan fingerprint density at radius 3 is 2.50 bits per heavy atom. The van der Waals surface area contributed by atoms with Gasteiger partial charge in [-0.25, -0.2) is 0 Å². The van der Waals surface area contributed by atoms with Crippen LogP contribution in [0.4, 0.5) is 0 Å². The van der Waals surface area contributed by atoms with Gasteiger partial charge in [-0.1, -0.05) is 47.5 Å². The van der Waals surface area contributed by atoms with Crippen molar-refractivity contribution >= 4 is 40.9 Å². The van der Waals surface area contributed by atoms with E-state index in [2.05, 4.69) is 5.32 Å². The lowest BCUT2D eigenvalue weighted by Crippen LogP contribution is -2.28. The second-order valence-corrected chi connectivity index (χ2v) is 7.02. The molecule has 0 aromatic heterocycles. The lowest BCUT2D eigenvalue weighted by atomic mass is 10.1. The number of methoxy groups -OCH3 is 1. The van der Waals surface area contributed by atoms with Crippen LogP contribution in [0.2, 0.25) is 10.0 Å². The standard InChI is InChI=1S/C18H19Cl2NO2S/c1-12(13-6-3-4-9-17(13)23-2)21-18(22)11-24-10-14-15(19)7-5-8-16(14)20/h3-9,12H,10-11H2,1-2H3,(H,21,22). The van der Waals surface area contributed by atoms with Gasteiger partial charge in [0, 0.05) is 21.4 Å². The summed E-state index contributed by atoms with van der Waals surface area (Å²) >= 11 is 13.7. The number of amides is 1. The molecule has 2 aromatic rings. The average molecular weight is 384 g/mol. The molecule has 0 radical (unpaired) electrons. The van der Waals surface area contributed by atoms with E-state index in [1.165, 1.54) is 11.8 Å². The number of carbonyl (C=O) groups is 1. The Kier molecular flexibility index (Phi) is 7.28. The van der Waals surface area contributed by atoms with Gasteiger partial charge in [-0.15, -0.1) is 11.8 Å². The van der Waals surface area contributed by atoms with Crippen molar-refractivity contribution in [2.75, 3.05) is 12.9 Å². The molecule has 0 aliphatic heterocycles. The Bertz CT molecular complexity index is 689. The smallest absolute Gasteiger partial charge is 0.230 e. The first-order chi connectivity index (χ1) is 11.5. The van der Waals surface area contributed by atoms with Gasteiger partial charge in [0.25, 0.3) is 0 Å². The van der Waals surface area contributed by atoms with Gasteiger partial charge in [0.1, 0.15) is 5.75 Å². The SMILES string of the molecule is COc1ccccc1C(C)NC(=O)CSCc1c(Cl)cccc1Cl. The molecule has 0 heterocycles. The van der Waals surface area contributed by atoms with Crippen molar-refractivity contribution in [2.45, 2.75) is 18.7 Å². The van der Waals surface area contributed by atoms with Crippen LogP contribution >= 0.6 is 35.0 Å². The van der Waals surface area contributed by atoms with E-state index in [1.807, 2.05) is 31.2 Å². The molecule has 1 amide bonds. The van der Waals surface area contributed by atoms with E-state index in [-0.39, 0.29) is 11.9 Å². The molecule has 0 saturated carbocycles. The number of ether oxygens (including phenoxy) is 1. The Labute approximate surface area is 156 Å². The molecule has 128 valence electrons. The normalized spacial score (nSPS) is 11.8. The van der Waals surface area contributed by atoms with Crippen molar-refractivity contribution in [3.05, 3.63) is 63.6 Å². The zero-order chi connectivity index (χ0) is 17.5. The fraction of sp³-hybridized carbons (Fsp3) is 0.278. The number of carbonyl (C=O) groups excluding carboxylic acids is 1. The van der Waals surface area contributed by atoms with Gasteiger partial charge < -0.3 is 10.1 Å². The molecule has 3 nitrogen and oxygen atoms in total. The van der Waals surface area contributed by atoms with Crippen LogP contribution in [0, 0.1) is 0 Å². The molecule has 24 heavy (non-hydrogen) atoms. The maximum absolute atomic E-state index is 12.1. The monoisotopic (exact) mass is 383 g/mol. The van der Waals surface area contributed by atoms with Gasteiger partial charge in [-0.05, 0) is 30.7 Å². The average Bonchev–Trinajstić information content (AvgIpc) is 2.57. The summed E-state index contributed by atoms with van der Waals surface area (Å²) in [6, 6.07) is 12.9. The third-order valence-electron chi connectivity index (χ3n) is 3.52. The van der Waals surface area contributed by atoms with Gasteiger partial charge in [0.2, 0.25) is 5.91 Å². The van der Waals surface area contributed by atoms with Crippen LogP contribution in [0.5, 0.6) is 5.75 Å². The Balaban J connectivity index is 1.87. The van der Waals surface area contributed by atoms with Crippen LogP contribution in [-0.2, 0) is 10.5 Å². The van der Waals surface area contributed by atoms with Crippen molar-refractivity contribution in [1.82, 2.24) is 5.32 Å². The fourth-order valence-corrected chi connectivity index (χ4v) is 3.88. The summed E-state index contributed by atoms with van der Waals surface area (Å²) < 4.78 is 5.33. The quantitative estimate of drug-likeness (QED) is 0.721. The minimum Gasteiger partial charge on any atom is -0.496 e. The maximum atomic E-state index is 12.1. The highest BCUT2D eigenvalue weighted by atomic mass is 35.5. The molecule has 0 saturated heterocycles. The maximum Gasteiger partial charge on any atom is 0.230 e. The number of hydrogen-bond acceptors (Lipinski definition) is 3. The molecule has 1 atom stereocenters. The van der Waals surface area contributed by atoms with E-state index in [9.17, 15) is 4.79 Å². The minimum absolute atomic E-state index is 0.0402. The molecule has 1 unspecified atom stereocenters. The van der Waals surface area contributed by atoms with Crippen molar-refractivity contribution in [1.29, 1.82) is 0 Å². The van der Waals surface area contributed by atoms with Gasteiger partial charge in [0.15, 0.2) is 0 Å². The molecule has 0 bridgehead atoms. The molecule has 6 heteroatoms. The van der Waals surface area contributed by atoms with Crippen molar-refractivity contribution in [3.8, 4) is 5.75 Å². The summed E-state index contributed by atoms with van der Waals surface area (Å²) in [5.41, 5.74) is 1.81. The van der Waals surface area contributed by atoms with E-state index in [1.54, 1.807) is 25.3 Å². The summed E-state index contributed by atoms with van der Waals surface area (Å²) in [7, 11) is 1.62. The zero-order valence-corrected chi connectivity index (χ0v) is 15.8. The number of thioether (sulfide) groups is 1. The molecule has 0 fully saturated rings. The summed E-state index contributed by atoms with van der Waals surface area (Å²) in [5, 5.41) is 4.23. The van der Waals surface area contributed by atoms with E-state index in [0.717, 1.165) is 16.9 Å². The van der Waals surface area contributed by atoms with Gasteiger partial charge >= 0.3 is 0 Å². The van der Waals surface area contributed by atoms with Crippen LogP contribution in [0.25, 0.3) is 0 Å². The number of nitrogens with one attached hydrogen (secondary N) is 1. The Morgan fingerprint density at radius 2 is 1.83 bits per heavy atom. The van der Waals surface area contributed by atoms with Crippen molar-refractivity contribution in [3.63, 3.8) is 0 Å². The highest BCUT2D eigenvalue weighted by Crippen LogP contribution is 2.28. The minimum atomic E-state index is -0.127. The van der Waals surface area contributed by atoms with E-state index in [0.29, 0.717) is 21.6 Å². The van der Waals surface area contributed by atoms with Gasteiger partial charge in [-0.3, -0.25) is 4.79 Å².